The zero-order valence-corrected chi connectivity index (χ0v) is 11.5. The smallest absolute Gasteiger partial charge is 0.292 e. The van der Waals surface area contributed by atoms with Crippen molar-refractivity contribution >= 4 is 17.3 Å². The van der Waals surface area contributed by atoms with Gasteiger partial charge in [-0.05, 0) is 24.5 Å². The van der Waals surface area contributed by atoms with Crippen LogP contribution in [0.25, 0.3) is 0 Å². The molecule has 2 saturated heterocycles. The molecule has 3 rings (SSSR count). The Hall–Kier alpha value is -2.15. The van der Waals surface area contributed by atoms with Gasteiger partial charge in [0.15, 0.2) is 0 Å². The van der Waals surface area contributed by atoms with E-state index < -0.39 is 4.92 Å². The Morgan fingerprint density at radius 2 is 2.29 bits per heavy atom. The third-order valence-corrected chi connectivity index (χ3v) is 4.33. The van der Waals surface area contributed by atoms with Gasteiger partial charge in [0.2, 0.25) is 5.91 Å². The highest BCUT2D eigenvalue weighted by atomic mass is 16.6. The number of piperidine rings is 1. The molecule has 112 valence electrons. The van der Waals surface area contributed by atoms with Crippen molar-refractivity contribution in [1.82, 2.24) is 5.32 Å². The Balaban J connectivity index is 1.99. The van der Waals surface area contributed by atoms with Crippen molar-refractivity contribution in [3.05, 3.63) is 33.9 Å². The summed E-state index contributed by atoms with van der Waals surface area (Å²) in [5.41, 5.74) is 1.03. The lowest BCUT2D eigenvalue weighted by Gasteiger charge is -2.37. The number of aliphatic hydroxyl groups is 1. The van der Waals surface area contributed by atoms with Gasteiger partial charge in [-0.25, -0.2) is 0 Å². The van der Waals surface area contributed by atoms with Crippen molar-refractivity contribution in [2.45, 2.75) is 25.5 Å². The van der Waals surface area contributed by atoms with Crippen LogP contribution in [-0.4, -0.2) is 35.1 Å². The van der Waals surface area contributed by atoms with Gasteiger partial charge >= 0.3 is 0 Å². The Morgan fingerprint density at radius 3 is 3.00 bits per heavy atom. The van der Waals surface area contributed by atoms with E-state index in [-0.39, 0.29) is 30.2 Å². The van der Waals surface area contributed by atoms with Crippen LogP contribution in [0.1, 0.15) is 18.4 Å². The molecular formula is C14H17N3O4. The molecule has 0 spiro atoms. The number of carbonyl (C=O) groups excluding carboxylic acids is 1. The van der Waals surface area contributed by atoms with Crippen LogP contribution >= 0.6 is 0 Å². The number of nitrogens with one attached hydrogen (secondary N) is 1. The van der Waals surface area contributed by atoms with Gasteiger partial charge in [0.05, 0.1) is 23.5 Å². The van der Waals surface area contributed by atoms with Crippen LogP contribution in [0.5, 0.6) is 0 Å². The monoisotopic (exact) mass is 291 g/mol. The number of aliphatic hydroxyl groups excluding tert-OH is 1. The molecule has 1 aromatic carbocycles. The molecule has 2 heterocycles. The lowest BCUT2D eigenvalue weighted by atomic mass is 9.91. The Labute approximate surface area is 121 Å². The van der Waals surface area contributed by atoms with Gasteiger partial charge in [0.25, 0.3) is 5.69 Å². The number of nitro benzene ring substituents is 1. The Bertz CT molecular complexity index is 590. The van der Waals surface area contributed by atoms with E-state index >= 15 is 0 Å². The summed E-state index contributed by atoms with van der Waals surface area (Å²) in [6.07, 6.45) is 1.67. The average Bonchev–Trinajstić information content (AvgIpc) is 2.88. The summed E-state index contributed by atoms with van der Waals surface area (Å²) in [5, 5.41) is 23.3. The molecule has 0 aliphatic carbocycles. The molecule has 1 aromatic rings. The van der Waals surface area contributed by atoms with E-state index in [0.717, 1.165) is 12.8 Å². The number of hydrogen-bond acceptors (Lipinski definition) is 5. The first-order chi connectivity index (χ1) is 10.1. The second-order valence-corrected chi connectivity index (χ2v) is 5.49. The van der Waals surface area contributed by atoms with E-state index in [1.165, 1.54) is 6.07 Å². The summed E-state index contributed by atoms with van der Waals surface area (Å²) >= 11 is 0. The number of rotatable bonds is 3. The first kappa shape index (κ1) is 13.8. The highest BCUT2D eigenvalue weighted by molar-refractivity contribution is 5.83. The fraction of sp³-hybridized carbons (Fsp3) is 0.500. The van der Waals surface area contributed by atoms with Crippen molar-refractivity contribution in [1.29, 1.82) is 0 Å². The summed E-state index contributed by atoms with van der Waals surface area (Å²) in [5.74, 6) is -0.0461. The van der Waals surface area contributed by atoms with E-state index in [0.29, 0.717) is 24.3 Å². The first-order valence-corrected chi connectivity index (χ1v) is 7.04. The zero-order chi connectivity index (χ0) is 15.0. The minimum Gasteiger partial charge on any atom is -0.392 e. The van der Waals surface area contributed by atoms with E-state index in [9.17, 15) is 14.9 Å². The maximum absolute atomic E-state index is 11.8. The molecule has 2 unspecified atom stereocenters. The summed E-state index contributed by atoms with van der Waals surface area (Å²) in [7, 11) is 0. The Kier molecular flexibility index (Phi) is 3.50. The van der Waals surface area contributed by atoms with Gasteiger partial charge in [-0.2, -0.15) is 0 Å². The number of benzene rings is 1. The van der Waals surface area contributed by atoms with Crippen LogP contribution < -0.4 is 10.2 Å². The largest absolute Gasteiger partial charge is 0.392 e. The van der Waals surface area contributed by atoms with Gasteiger partial charge < -0.3 is 15.3 Å². The molecule has 7 heteroatoms. The van der Waals surface area contributed by atoms with E-state index in [4.69, 9.17) is 5.11 Å². The molecule has 0 bridgehead atoms. The van der Waals surface area contributed by atoms with E-state index in [1.54, 1.807) is 12.1 Å². The number of nitrogens with zero attached hydrogens (tertiary/aromatic N) is 2. The van der Waals surface area contributed by atoms with Crippen LogP contribution in [0.3, 0.4) is 0 Å². The molecule has 2 N–H and O–H groups in total. The lowest BCUT2D eigenvalue weighted by Crippen LogP contribution is -2.45. The highest BCUT2D eigenvalue weighted by Crippen LogP contribution is 2.37. The third-order valence-electron chi connectivity index (χ3n) is 4.33. The van der Waals surface area contributed by atoms with Crippen LogP contribution in [0.2, 0.25) is 0 Å². The zero-order valence-electron chi connectivity index (χ0n) is 11.5. The highest BCUT2D eigenvalue weighted by Gasteiger charge is 2.42. The first-order valence-electron chi connectivity index (χ1n) is 7.04. The standard InChI is InChI=1S/C14H17N3O4/c18-8-9-3-4-11(12(6-9)17(20)21)16-5-1-2-10-13(16)7-15-14(10)19/h3-4,6,10,13,18H,1-2,5,7-8H2,(H,15,19). The number of hydrogen-bond donors (Lipinski definition) is 2. The van der Waals surface area contributed by atoms with Crippen molar-refractivity contribution in [2.24, 2.45) is 5.92 Å². The second-order valence-electron chi connectivity index (χ2n) is 5.49. The molecule has 2 aliphatic heterocycles. The molecule has 0 aromatic heterocycles. The van der Waals surface area contributed by atoms with Crippen molar-refractivity contribution < 1.29 is 14.8 Å². The van der Waals surface area contributed by atoms with Gasteiger partial charge in [-0.1, -0.05) is 6.07 Å². The molecule has 0 saturated carbocycles. The van der Waals surface area contributed by atoms with Crippen molar-refractivity contribution in [2.75, 3.05) is 18.0 Å². The topological polar surface area (TPSA) is 95.7 Å². The number of carbonyl (C=O) groups is 1. The second kappa shape index (κ2) is 5.33. The summed E-state index contributed by atoms with van der Waals surface area (Å²) in [6, 6.07) is 4.75. The van der Waals surface area contributed by atoms with Crippen LogP contribution in [-0.2, 0) is 11.4 Å². The van der Waals surface area contributed by atoms with Crippen LogP contribution in [0.15, 0.2) is 18.2 Å². The quantitative estimate of drug-likeness (QED) is 0.634. The number of fused-ring (bicyclic) bond motifs is 1. The summed E-state index contributed by atoms with van der Waals surface area (Å²) in [4.78, 5) is 24.6. The molecular weight excluding hydrogens is 274 g/mol. The molecule has 7 nitrogen and oxygen atoms in total. The minimum absolute atomic E-state index is 0.0125. The molecule has 0 radical (unpaired) electrons. The Morgan fingerprint density at radius 1 is 1.48 bits per heavy atom. The average molecular weight is 291 g/mol. The molecule has 21 heavy (non-hydrogen) atoms. The van der Waals surface area contributed by atoms with Gasteiger partial charge in [0, 0.05) is 19.2 Å². The number of amides is 1. The summed E-state index contributed by atoms with van der Waals surface area (Å²) in [6.45, 7) is 1.01. The maximum atomic E-state index is 11.8. The molecule has 2 aliphatic rings. The fourth-order valence-corrected chi connectivity index (χ4v) is 3.31. The van der Waals surface area contributed by atoms with Crippen LogP contribution in [0, 0.1) is 16.0 Å². The van der Waals surface area contributed by atoms with Crippen molar-refractivity contribution in [3.8, 4) is 0 Å². The van der Waals surface area contributed by atoms with Gasteiger partial charge in [-0.15, -0.1) is 0 Å². The predicted molar refractivity (Wildman–Crippen MR) is 75.9 cm³/mol. The SMILES string of the molecule is O=C1NCC2C1CCCN2c1ccc(CO)cc1[N+](=O)[O-]. The lowest BCUT2D eigenvalue weighted by molar-refractivity contribution is -0.384. The van der Waals surface area contributed by atoms with E-state index in [1.807, 2.05) is 4.90 Å². The van der Waals surface area contributed by atoms with Gasteiger partial charge in [0.1, 0.15) is 5.69 Å². The summed E-state index contributed by atoms with van der Waals surface area (Å²) < 4.78 is 0. The van der Waals surface area contributed by atoms with Crippen molar-refractivity contribution in [3.63, 3.8) is 0 Å². The maximum Gasteiger partial charge on any atom is 0.292 e. The van der Waals surface area contributed by atoms with E-state index in [2.05, 4.69) is 5.32 Å². The molecule has 2 fully saturated rings. The third kappa shape index (κ3) is 2.33. The molecule has 1 amide bonds. The minimum atomic E-state index is -0.428. The molecule has 2 atom stereocenters. The fourth-order valence-electron chi connectivity index (χ4n) is 3.31. The predicted octanol–water partition coefficient (Wildman–Crippen LogP) is 0.802. The van der Waals surface area contributed by atoms with Gasteiger partial charge in [-0.3, -0.25) is 14.9 Å². The number of anilines is 1. The number of nitro groups is 1. The normalized spacial score (nSPS) is 24.6. The van der Waals surface area contributed by atoms with Crippen LogP contribution in [0.4, 0.5) is 11.4 Å².